The third-order valence-corrected chi connectivity index (χ3v) is 8.04. The first-order valence-electron chi connectivity index (χ1n) is 11.8. The standard InChI is InChI=1S/C25H29N5O4/c1-25(2)17-11-30(24(34)18-9-13-4-3-5-15(10-26)20(13)29-18)21(19(17)25)23(33)28-16(12-31)8-14-6-7-27-22(14)32/h3-5,9,14,16-17,19,21,29,31H,6-8,11-12H2,1-2H3,(H,27,32)(H,28,33)/t14-,16-,17-,19-,21-/m0/s1. The molecule has 178 valence electrons. The van der Waals surface area contributed by atoms with E-state index < -0.39 is 12.1 Å². The van der Waals surface area contributed by atoms with E-state index in [1.807, 2.05) is 6.07 Å². The monoisotopic (exact) mass is 463 g/mol. The number of rotatable bonds is 6. The molecule has 0 radical (unpaired) electrons. The molecule has 3 heterocycles. The van der Waals surface area contributed by atoms with Crippen molar-refractivity contribution >= 4 is 28.6 Å². The third-order valence-electron chi connectivity index (χ3n) is 8.04. The van der Waals surface area contributed by atoms with Gasteiger partial charge in [-0.2, -0.15) is 5.26 Å². The minimum absolute atomic E-state index is 0.0321. The van der Waals surface area contributed by atoms with E-state index in [2.05, 4.69) is 35.5 Å². The molecule has 1 aliphatic carbocycles. The average Bonchev–Trinajstić information content (AvgIpc) is 3.33. The van der Waals surface area contributed by atoms with Crippen LogP contribution in [0.1, 0.15) is 42.7 Å². The summed E-state index contributed by atoms with van der Waals surface area (Å²) in [6.45, 7) is 5.03. The number of benzene rings is 1. The maximum Gasteiger partial charge on any atom is 0.271 e. The first-order valence-corrected chi connectivity index (χ1v) is 11.8. The molecule has 0 spiro atoms. The molecule has 0 unspecified atom stereocenters. The van der Waals surface area contributed by atoms with E-state index >= 15 is 0 Å². The Morgan fingerprint density at radius 1 is 1.38 bits per heavy atom. The Balaban J connectivity index is 1.37. The van der Waals surface area contributed by atoms with Crippen LogP contribution >= 0.6 is 0 Å². The summed E-state index contributed by atoms with van der Waals surface area (Å²) >= 11 is 0. The van der Waals surface area contributed by atoms with Gasteiger partial charge in [0.15, 0.2) is 0 Å². The van der Waals surface area contributed by atoms with Crippen LogP contribution in [0, 0.1) is 34.5 Å². The molecule has 9 nitrogen and oxygen atoms in total. The molecule has 1 saturated carbocycles. The molecule has 34 heavy (non-hydrogen) atoms. The molecule has 9 heteroatoms. The van der Waals surface area contributed by atoms with Crippen molar-refractivity contribution in [3.8, 4) is 6.07 Å². The fraction of sp³-hybridized carbons (Fsp3) is 0.520. The average molecular weight is 464 g/mol. The lowest BCUT2D eigenvalue weighted by Gasteiger charge is -2.31. The number of H-pyrrole nitrogens is 1. The van der Waals surface area contributed by atoms with Crippen LogP contribution in [-0.2, 0) is 9.59 Å². The van der Waals surface area contributed by atoms with Gasteiger partial charge in [-0.05, 0) is 42.2 Å². The van der Waals surface area contributed by atoms with Crippen LogP contribution in [0.3, 0.4) is 0 Å². The van der Waals surface area contributed by atoms with E-state index in [1.54, 1.807) is 23.1 Å². The van der Waals surface area contributed by atoms with Gasteiger partial charge < -0.3 is 25.6 Å². The third kappa shape index (κ3) is 3.53. The van der Waals surface area contributed by atoms with Gasteiger partial charge >= 0.3 is 0 Å². The number of nitriles is 1. The van der Waals surface area contributed by atoms with Gasteiger partial charge in [-0.3, -0.25) is 14.4 Å². The first-order chi connectivity index (χ1) is 16.3. The summed E-state index contributed by atoms with van der Waals surface area (Å²) < 4.78 is 0. The number of piperidine rings is 1. The number of likely N-dealkylation sites (tertiary alicyclic amines) is 1. The molecule has 5 rings (SSSR count). The lowest BCUT2D eigenvalue weighted by molar-refractivity contribution is -0.128. The molecule has 3 aliphatic rings. The number of hydrogen-bond donors (Lipinski definition) is 4. The van der Waals surface area contributed by atoms with E-state index in [9.17, 15) is 24.8 Å². The molecule has 1 aromatic carbocycles. The maximum atomic E-state index is 13.5. The lowest BCUT2D eigenvalue weighted by Crippen LogP contribution is -2.53. The Hall–Kier alpha value is -3.38. The number of para-hydroxylation sites is 1. The van der Waals surface area contributed by atoms with Gasteiger partial charge in [-0.15, -0.1) is 0 Å². The lowest BCUT2D eigenvalue weighted by atomic mass is 9.97. The predicted molar refractivity (Wildman–Crippen MR) is 123 cm³/mol. The van der Waals surface area contributed by atoms with Crippen LogP contribution in [0.2, 0.25) is 0 Å². The highest BCUT2D eigenvalue weighted by Gasteiger charge is 2.69. The van der Waals surface area contributed by atoms with Crippen LogP contribution in [0.25, 0.3) is 10.9 Å². The highest BCUT2D eigenvalue weighted by atomic mass is 16.3. The SMILES string of the molecule is CC1(C)[C@@H]2[C@@H](C(=O)N[C@H](CO)C[C@@H]3CCNC3=O)N(C(=O)c3cc4cccc(C#N)c4[nH]3)C[C@@H]21. The van der Waals surface area contributed by atoms with Gasteiger partial charge in [0.05, 0.1) is 23.7 Å². The normalized spacial score (nSPS) is 27.7. The van der Waals surface area contributed by atoms with Crippen molar-refractivity contribution in [2.24, 2.45) is 23.2 Å². The number of aliphatic hydroxyl groups is 1. The fourth-order valence-electron chi connectivity index (χ4n) is 5.99. The smallest absolute Gasteiger partial charge is 0.271 e. The number of carbonyl (C=O) groups is 3. The molecule has 2 saturated heterocycles. The number of carbonyl (C=O) groups excluding carboxylic acids is 3. The van der Waals surface area contributed by atoms with Crippen molar-refractivity contribution < 1.29 is 19.5 Å². The van der Waals surface area contributed by atoms with Crippen LogP contribution < -0.4 is 10.6 Å². The Morgan fingerprint density at radius 3 is 2.85 bits per heavy atom. The van der Waals surface area contributed by atoms with Gasteiger partial charge in [0.2, 0.25) is 11.8 Å². The van der Waals surface area contributed by atoms with Gasteiger partial charge in [0.1, 0.15) is 17.8 Å². The Kier molecular flexibility index (Phi) is 5.36. The minimum atomic E-state index is -0.652. The van der Waals surface area contributed by atoms with Crippen LogP contribution in [-0.4, -0.2) is 64.5 Å². The number of aliphatic hydroxyl groups excluding tert-OH is 1. The van der Waals surface area contributed by atoms with Gasteiger partial charge in [-0.25, -0.2) is 0 Å². The van der Waals surface area contributed by atoms with Crippen LogP contribution in [0.15, 0.2) is 24.3 Å². The Labute approximate surface area is 197 Å². The second-order valence-corrected chi connectivity index (χ2v) is 10.3. The molecular formula is C25H29N5O4. The van der Waals surface area contributed by atoms with Crippen molar-refractivity contribution in [1.82, 2.24) is 20.5 Å². The Bertz CT molecular complexity index is 1210. The summed E-state index contributed by atoms with van der Waals surface area (Å²) in [6, 6.07) is 7.95. The van der Waals surface area contributed by atoms with E-state index in [4.69, 9.17) is 0 Å². The number of nitrogens with zero attached hydrogens (tertiary/aromatic N) is 2. The van der Waals surface area contributed by atoms with Gasteiger partial charge in [0.25, 0.3) is 5.91 Å². The van der Waals surface area contributed by atoms with E-state index in [0.29, 0.717) is 42.7 Å². The number of aromatic nitrogens is 1. The maximum absolute atomic E-state index is 13.5. The quantitative estimate of drug-likeness (QED) is 0.509. The van der Waals surface area contributed by atoms with Crippen molar-refractivity contribution in [3.63, 3.8) is 0 Å². The highest BCUT2D eigenvalue weighted by molar-refractivity contribution is 6.01. The van der Waals surface area contributed by atoms with Gasteiger partial charge in [0, 0.05) is 24.4 Å². The molecular weight excluding hydrogens is 434 g/mol. The highest BCUT2D eigenvalue weighted by Crippen LogP contribution is 2.65. The number of hydrogen-bond acceptors (Lipinski definition) is 5. The summed E-state index contributed by atoms with van der Waals surface area (Å²) in [6.07, 6.45) is 1.05. The topological polar surface area (TPSA) is 138 Å². The Morgan fingerprint density at radius 2 is 2.18 bits per heavy atom. The zero-order valence-corrected chi connectivity index (χ0v) is 19.3. The molecule has 4 N–H and O–H groups in total. The van der Waals surface area contributed by atoms with Gasteiger partial charge in [-0.1, -0.05) is 26.0 Å². The zero-order valence-electron chi connectivity index (χ0n) is 19.3. The predicted octanol–water partition coefficient (Wildman–Crippen LogP) is 1.14. The summed E-state index contributed by atoms with van der Waals surface area (Å²) in [5, 5.41) is 25.7. The molecule has 3 fully saturated rings. The largest absolute Gasteiger partial charge is 0.394 e. The van der Waals surface area contributed by atoms with E-state index in [0.717, 1.165) is 5.39 Å². The van der Waals surface area contributed by atoms with Crippen molar-refractivity contribution in [2.75, 3.05) is 19.7 Å². The zero-order chi connectivity index (χ0) is 24.2. The molecule has 2 aliphatic heterocycles. The molecule has 0 bridgehead atoms. The summed E-state index contributed by atoms with van der Waals surface area (Å²) in [7, 11) is 0. The number of fused-ring (bicyclic) bond motifs is 2. The molecule has 5 atom stereocenters. The van der Waals surface area contributed by atoms with Crippen molar-refractivity contribution in [2.45, 2.75) is 38.8 Å². The van der Waals surface area contributed by atoms with E-state index in [1.165, 1.54) is 0 Å². The second-order valence-electron chi connectivity index (χ2n) is 10.3. The number of aromatic amines is 1. The molecule has 1 aromatic heterocycles. The number of amides is 3. The van der Waals surface area contributed by atoms with Crippen molar-refractivity contribution in [1.29, 1.82) is 5.26 Å². The molecule has 2 aromatic rings. The van der Waals surface area contributed by atoms with Crippen LogP contribution in [0.4, 0.5) is 0 Å². The molecule has 3 amide bonds. The minimum Gasteiger partial charge on any atom is -0.394 e. The summed E-state index contributed by atoms with van der Waals surface area (Å²) in [5.41, 5.74) is 1.36. The summed E-state index contributed by atoms with van der Waals surface area (Å²) in [5.74, 6) is -0.602. The van der Waals surface area contributed by atoms with E-state index in [-0.39, 0.29) is 47.5 Å². The van der Waals surface area contributed by atoms with Crippen LogP contribution in [0.5, 0.6) is 0 Å². The fourth-order valence-corrected chi connectivity index (χ4v) is 5.99. The van der Waals surface area contributed by atoms with Crippen molar-refractivity contribution in [3.05, 3.63) is 35.5 Å². The first kappa shape index (κ1) is 22.4. The number of nitrogens with one attached hydrogen (secondary N) is 3. The second kappa shape index (κ2) is 8.13. The summed E-state index contributed by atoms with van der Waals surface area (Å²) in [4.78, 5) is 43.6.